The third-order valence-electron chi connectivity index (χ3n) is 5.31. The molecule has 2 aromatic heterocycles. The fourth-order valence-corrected chi connectivity index (χ4v) is 3.53. The highest BCUT2D eigenvalue weighted by Gasteiger charge is 2.23. The average Bonchev–Trinajstić information content (AvgIpc) is 2.94. The van der Waals surface area contributed by atoms with Crippen molar-refractivity contribution in [3.63, 3.8) is 0 Å². The Morgan fingerprint density at radius 1 is 1.17 bits per heavy atom. The smallest absolute Gasteiger partial charge is 0.293 e. The average molecular weight is 391 g/mol. The fraction of sp³-hybridized carbons (Fsp3) is 0.286. The molecule has 3 heterocycles. The molecule has 0 fully saturated rings. The van der Waals surface area contributed by atoms with Crippen molar-refractivity contribution in [3.8, 4) is 0 Å². The van der Waals surface area contributed by atoms with Gasteiger partial charge in [-0.05, 0) is 49.1 Å². The van der Waals surface area contributed by atoms with Crippen molar-refractivity contribution in [1.29, 1.82) is 0 Å². The summed E-state index contributed by atoms with van der Waals surface area (Å²) < 4.78 is 1.73. The van der Waals surface area contributed by atoms with Gasteiger partial charge < -0.3 is 0 Å². The second-order valence-corrected chi connectivity index (χ2v) is 7.34. The largest absolute Gasteiger partial charge is 0.296 e. The first-order chi connectivity index (χ1) is 14.0. The van der Waals surface area contributed by atoms with Gasteiger partial charge in [-0.1, -0.05) is 13.0 Å². The van der Waals surface area contributed by atoms with Gasteiger partial charge in [0.2, 0.25) is 0 Å². The summed E-state index contributed by atoms with van der Waals surface area (Å²) in [5.41, 5.74) is 0.579. The number of hydrazine groups is 1. The first kappa shape index (κ1) is 18.9. The minimum atomic E-state index is -0.709. The number of carbonyl (C=O) groups excluding carboxylic acids is 2. The summed E-state index contributed by atoms with van der Waals surface area (Å²) in [4.78, 5) is 46.5. The van der Waals surface area contributed by atoms with Crippen molar-refractivity contribution in [2.24, 2.45) is 11.8 Å². The van der Waals surface area contributed by atoms with Gasteiger partial charge in [0.25, 0.3) is 17.4 Å². The number of rotatable bonds is 2. The Bertz CT molecular complexity index is 1160. The predicted octanol–water partition coefficient (Wildman–Crippen LogP) is 1.92. The van der Waals surface area contributed by atoms with Crippen LogP contribution in [0.4, 0.5) is 0 Å². The molecule has 3 aromatic rings. The Morgan fingerprint density at radius 2 is 2.00 bits per heavy atom. The molecule has 1 aliphatic heterocycles. The monoisotopic (exact) mass is 391 g/mol. The maximum atomic E-state index is 12.9. The molecule has 1 atom stereocenters. The number of benzene rings is 1. The van der Waals surface area contributed by atoms with Crippen LogP contribution >= 0.6 is 0 Å². The van der Waals surface area contributed by atoms with Crippen LogP contribution in [0.1, 0.15) is 46.4 Å². The Kier molecular flexibility index (Phi) is 4.94. The highest BCUT2D eigenvalue weighted by Crippen LogP contribution is 2.20. The van der Waals surface area contributed by atoms with Gasteiger partial charge in [0.1, 0.15) is 11.5 Å². The van der Waals surface area contributed by atoms with E-state index >= 15 is 0 Å². The third kappa shape index (κ3) is 3.54. The van der Waals surface area contributed by atoms with Crippen LogP contribution in [-0.2, 0) is 13.0 Å². The van der Waals surface area contributed by atoms with Gasteiger partial charge in [-0.3, -0.25) is 23.9 Å². The van der Waals surface area contributed by atoms with Crippen LogP contribution in [0.5, 0.6) is 0 Å². The maximum absolute atomic E-state index is 12.9. The summed E-state index contributed by atoms with van der Waals surface area (Å²) in [6.07, 6.45) is 4.07. The molecule has 8 heteroatoms. The van der Waals surface area contributed by atoms with E-state index in [1.807, 2.05) is 0 Å². The molecule has 0 spiro atoms. The van der Waals surface area contributed by atoms with Gasteiger partial charge in [0.15, 0.2) is 0 Å². The van der Waals surface area contributed by atoms with Gasteiger partial charge >= 0.3 is 0 Å². The molecule has 0 saturated carbocycles. The van der Waals surface area contributed by atoms with Gasteiger partial charge in [0, 0.05) is 24.7 Å². The minimum absolute atomic E-state index is 0.0694. The van der Waals surface area contributed by atoms with Crippen LogP contribution < -0.4 is 11.4 Å². The number of aryl methyl sites for hydroxylation is 1. The van der Waals surface area contributed by atoms with Crippen molar-refractivity contribution in [2.75, 3.05) is 0 Å². The number of nitrogens with two attached hydrogens (primary N) is 1. The second kappa shape index (κ2) is 7.56. The zero-order chi connectivity index (χ0) is 20.5. The highest BCUT2D eigenvalue weighted by molar-refractivity contribution is 6.09. The van der Waals surface area contributed by atoms with Crippen molar-refractivity contribution >= 4 is 22.7 Å². The van der Waals surface area contributed by atoms with Crippen molar-refractivity contribution in [2.45, 2.75) is 32.7 Å². The molecule has 2 N–H and O–H groups in total. The minimum Gasteiger partial charge on any atom is -0.296 e. The van der Waals surface area contributed by atoms with E-state index < -0.39 is 11.8 Å². The standard InChI is InChI=1S/C21H21N5O3/c1-13-5-8-18-24-17-12-14(6-7-15(17)20(28)25(18)11-9-13)19(27)26(22)21(29)16-4-2-3-10-23-16/h2-4,6-7,10,12-13H,5,8-9,11,22H2,1H3. The lowest BCUT2D eigenvalue weighted by atomic mass is 10.0. The second-order valence-electron chi connectivity index (χ2n) is 7.34. The number of hydrogen-bond acceptors (Lipinski definition) is 6. The van der Waals surface area contributed by atoms with E-state index in [2.05, 4.69) is 16.9 Å². The molecule has 1 aromatic carbocycles. The Balaban J connectivity index is 1.69. The number of nitrogens with zero attached hydrogens (tertiary/aromatic N) is 4. The number of carbonyl (C=O) groups is 2. The molecule has 148 valence electrons. The number of imide groups is 1. The van der Waals surface area contributed by atoms with Crippen molar-refractivity contribution in [3.05, 3.63) is 70.0 Å². The van der Waals surface area contributed by atoms with Crippen LogP contribution in [0, 0.1) is 5.92 Å². The van der Waals surface area contributed by atoms with Gasteiger partial charge in [-0.15, -0.1) is 0 Å². The molecular weight excluding hydrogens is 370 g/mol. The van der Waals surface area contributed by atoms with E-state index in [1.165, 1.54) is 24.4 Å². The Labute approximate surface area is 167 Å². The molecule has 1 unspecified atom stereocenters. The SMILES string of the molecule is CC1CCc2nc3cc(C(=O)N(N)C(=O)c4ccccn4)ccc3c(=O)n2CC1. The molecule has 0 saturated heterocycles. The van der Waals surface area contributed by atoms with Crippen molar-refractivity contribution < 1.29 is 9.59 Å². The lowest BCUT2D eigenvalue weighted by Crippen LogP contribution is -2.43. The lowest BCUT2D eigenvalue weighted by molar-refractivity contribution is 0.0612. The number of fused-ring (bicyclic) bond motifs is 2. The molecule has 2 amide bonds. The predicted molar refractivity (Wildman–Crippen MR) is 107 cm³/mol. The van der Waals surface area contributed by atoms with E-state index in [9.17, 15) is 14.4 Å². The summed E-state index contributed by atoms with van der Waals surface area (Å²) in [6, 6.07) is 9.35. The molecule has 4 rings (SSSR count). The third-order valence-corrected chi connectivity index (χ3v) is 5.31. The number of amides is 2. The van der Waals surface area contributed by atoms with E-state index in [1.54, 1.807) is 22.8 Å². The van der Waals surface area contributed by atoms with Gasteiger partial charge in [-0.25, -0.2) is 15.8 Å². The molecule has 8 nitrogen and oxygen atoms in total. The van der Waals surface area contributed by atoms with E-state index in [0.717, 1.165) is 18.7 Å². The summed E-state index contributed by atoms with van der Waals surface area (Å²) >= 11 is 0. The molecular formula is C21H21N5O3. The molecule has 0 bridgehead atoms. The summed E-state index contributed by atoms with van der Waals surface area (Å²) in [5, 5.41) is 0.973. The van der Waals surface area contributed by atoms with Crippen LogP contribution in [0.2, 0.25) is 0 Å². The quantitative estimate of drug-likeness (QED) is 0.309. The van der Waals surface area contributed by atoms with Crippen LogP contribution in [0.3, 0.4) is 0 Å². The molecule has 0 radical (unpaired) electrons. The van der Waals surface area contributed by atoms with E-state index in [4.69, 9.17) is 5.84 Å². The Hall–Kier alpha value is -3.39. The summed E-state index contributed by atoms with van der Waals surface area (Å²) in [5.74, 6) is 5.61. The molecule has 1 aliphatic rings. The highest BCUT2D eigenvalue weighted by atomic mass is 16.2. The maximum Gasteiger partial charge on any atom is 0.293 e. The zero-order valence-corrected chi connectivity index (χ0v) is 16.0. The summed E-state index contributed by atoms with van der Waals surface area (Å²) in [6.45, 7) is 2.82. The number of pyridine rings is 1. The van der Waals surface area contributed by atoms with Crippen LogP contribution in [0.15, 0.2) is 47.4 Å². The van der Waals surface area contributed by atoms with E-state index in [0.29, 0.717) is 34.8 Å². The van der Waals surface area contributed by atoms with Gasteiger partial charge in [-0.2, -0.15) is 0 Å². The molecule has 0 aliphatic carbocycles. The van der Waals surface area contributed by atoms with Crippen LogP contribution in [-0.4, -0.2) is 31.4 Å². The van der Waals surface area contributed by atoms with Crippen LogP contribution in [0.25, 0.3) is 10.9 Å². The Morgan fingerprint density at radius 3 is 2.76 bits per heavy atom. The van der Waals surface area contributed by atoms with Crippen molar-refractivity contribution in [1.82, 2.24) is 19.5 Å². The van der Waals surface area contributed by atoms with Gasteiger partial charge in [0.05, 0.1) is 10.9 Å². The zero-order valence-electron chi connectivity index (χ0n) is 16.0. The summed E-state index contributed by atoms with van der Waals surface area (Å²) in [7, 11) is 0. The first-order valence-electron chi connectivity index (χ1n) is 9.53. The topological polar surface area (TPSA) is 111 Å². The molecule has 29 heavy (non-hydrogen) atoms. The van der Waals surface area contributed by atoms with E-state index in [-0.39, 0.29) is 16.8 Å². The number of hydrogen-bond donors (Lipinski definition) is 1. The number of aromatic nitrogens is 3. The lowest BCUT2D eigenvalue weighted by Gasteiger charge is -2.15. The normalized spacial score (nSPS) is 16.1. The fourth-order valence-electron chi connectivity index (χ4n) is 3.53. The first-order valence-corrected chi connectivity index (χ1v) is 9.53.